The van der Waals surface area contributed by atoms with Gasteiger partial charge in [-0.1, -0.05) is 29.8 Å². The second-order valence-corrected chi connectivity index (χ2v) is 4.75. The molecule has 0 aliphatic rings. The van der Waals surface area contributed by atoms with E-state index in [1.807, 2.05) is 0 Å². The van der Waals surface area contributed by atoms with Gasteiger partial charge in [-0.15, -0.1) is 0 Å². The van der Waals surface area contributed by atoms with Crippen molar-refractivity contribution >= 4 is 27.5 Å². The molecule has 2 aromatic rings. The second-order valence-electron chi connectivity index (χ2n) is 3.53. The normalized spacial score (nSPS) is 11.6. The molecule has 0 amide bonds. The number of aromatic nitrogens is 1. The van der Waals surface area contributed by atoms with E-state index in [1.165, 1.54) is 30.5 Å². The van der Waals surface area contributed by atoms with Crippen LogP contribution in [0.2, 0.25) is 5.02 Å². The Kier molecular flexibility index (Phi) is 3.64. The SMILES string of the molecule is FC(F)(F)c1ccccc1-c1cnc(Br)cc1Cl. The highest BCUT2D eigenvalue weighted by molar-refractivity contribution is 9.10. The van der Waals surface area contributed by atoms with Gasteiger partial charge in [-0.05, 0) is 33.6 Å². The predicted octanol–water partition coefficient (Wildman–Crippen LogP) is 5.18. The summed E-state index contributed by atoms with van der Waals surface area (Å²) in [5.41, 5.74) is -0.446. The molecule has 18 heavy (non-hydrogen) atoms. The number of hydrogen-bond acceptors (Lipinski definition) is 1. The molecule has 0 N–H and O–H groups in total. The van der Waals surface area contributed by atoms with Gasteiger partial charge in [-0.2, -0.15) is 13.2 Å². The molecule has 0 saturated carbocycles. The van der Waals surface area contributed by atoms with Crippen molar-refractivity contribution < 1.29 is 13.2 Å². The van der Waals surface area contributed by atoms with Gasteiger partial charge >= 0.3 is 6.18 Å². The van der Waals surface area contributed by atoms with Gasteiger partial charge in [-0.3, -0.25) is 0 Å². The van der Waals surface area contributed by atoms with E-state index in [0.717, 1.165) is 6.07 Å². The molecule has 2 rings (SSSR count). The smallest absolute Gasteiger partial charge is 0.249 e. The third-order valence-electron chi connectivity index (χ3n) is 2.34. The van der Waals surface area contributed by atoms with Crippen molar-refractivity contribution in [3.63, 3.8) is 0 Å². The molecule has 1 nitrogen and oxygen atoms in total. The Labute approximate surface area is 115 Å². The van der Waals surface area contributed by atoms with E-state index in [4.69, 9.17) is 11.6 Å². The van der Waals surface area contributed by atoms with Gasteiger partial charge < -0.3 is 0 Å². The minimum atomic E-state index is -4.42. The average molecular weight is 337 g/mol. The molecule has 0 fully saturated rings. The van der Waals surface area contributed by atoms with E-state index in [9.17, 15) is 13.2 Å². The largest absolute Gasteiger partial charge is 0.417 e. The monoisotopic (exact) mass is 335 g/mol. The van der Waals surface area contributed by atoms with Crippen LogP contribution in [0.4, 0.5) is 13.2 Å². The van der Waals surface area contributed by atoms with E-state index in [2.05, 4.69) is 20.9 Å². The van der Waals surface area contributed by atoms with Crippen molar-refractivity contribution in [2.45, 2.75) is 6.18 Å². The van der Waals surface area contributed by atoms with Gasteiger partial charge in [0, 0.05) is 11.8 Å². The molecule has 0 spiro atoms. The summed E-state index contributed by atoms with van der Waals surface area (Å²) >= 11 is 9.06. The topological polar surface area (TPSA) is 12.9 Å². The lowest BCUT2D eigenvalue weighted by Gasteiger charge is -2.13. The van der Waals surface area contributed by atoms with Gasteiger partial charge in [0.15, 0.2) is 0 Å². The molecular formula is C12H6BrClF3N. The van der Waals surface area contributed by atoms with Crippen molar-refractivity contribution in [3.8, 4) is 11.1 Å². The van der Waals surface area contributed by atoms with Gasteiger partial charge in [0.05, 0.1) is 10.6 Å². The van der Waals surface area contributed by atoms with E-state index >= 15 is 0 Å². The number of benzene rings is 1. The Morgan fingerprint density at radius 1 is 1.11 bits per heavy atom. The number of hydrogen-bond donors (Lipinski definition) is 0. The first-order valence-electron chi connectivity index (χ1n) is 4.87. The highest BCUT2D eigenvalue weighted by Crippen LogP contribution is 2.39. The fourth-order valence-electron chi connectivity index (χ4n) is 1.57. The summed E-state index contributed by atoms with van der Waals surface area (Å²) in [6, 6.07) is 6.73. The van der Waals surface area contributed by atoms with Crippen molar-refractivity contribution in [2.75, 3.05) is 0 Å². The van der Waals surface area contributed by atoms with E-state index < -0.39 is 11.7 Å². The van der Waals surface area contributed by atoms with Crippen LogP contribution in [0.25, 0.3) is 11.1 Å². The van der Waals surface area contributed by atoms with Crippen LogP contribution in [0.1, 0.15) is 5.56 Å². The molecule has 0 atom stereocenters. The zero-order chi connectivity index (χ0) is 13.3. The van der Waals surface area contributed by atoms with Crippen LogP contribution in [0.15, 0.2) is 41.1 Å². The molecule has 6 heteroatoms. The van der Waals surface area contributed by atoms with Crippen LogP contribution in [0, 0.1) is 0 Å². The van der Waals surface area contributed by atoms with Gasteiger partial charge in [0.1, 0.15) is 4.60 Å². The third kappa shape index (κ3) is 2.67. The zero-order valence-electron chi connectivity index (χ0n) is 8.80. The maximum atomic E-state index is 12.9. The Hall–Kier alpha value is -1.07. The quantitative estimate of drug-likeness (QED) is 0.654. The Bertz CT molecular complexity index is 584. The van der Waals surface area contributed by atoms with Crippen LogP contribution >= 0.6 is 27.5 Å². The fraction of sp³-hybridized carbons (Fsp3) is 0.0833. The maximum absolute atomic E-state index is 12.9. The summed E-state index contributed by atoms with van der Waals surface area (Å²) in [4.78, 5) is 3.90. The van der Waals surface area contributed by atoms with Gasteiger partial charge in [0.25, 0.3) is 0 Å². The van der Waals surface area contributed by atoms with Crippen molar-refractivity contribution in [1.82, 2.24) is 4.98 Å². The number of rotatable bonds is 1. The first-order valence-corrected chi connectivity index (χ1v) is 6.04. The van der Waals surface area contributed by atoms with Crippen LogP contribution in [-0.2, 0) is 6.18 Å². The van der Waals surface area contributed by atoms with Crippen LogP contribution < -0.4 is 0 Å². The van der Waals surface area contributed by atoms with Crippen molar-refractivity contribution in [1.29, 1.82) is 0 Å². The number of pyridine rings is 1. The molecule has 0 unspecified atom stereocenters. The van der Waals surface area contributed by atoms with E-state index in [0.29, 0.717) is 4.60 Å². The van der Waals surface area contributed by atoms with Crippen LogP contribution in [0.3, 0.4) is 0 Å². The summed E-state index contributed by atoms with van der Waals surface area (Å²) < 4.78 is 39.1. The van der Waals surface area contributed by atoms with E-state index in [1.54, 1.807) is 0 Å². The highest BCUT2D eigenvalue weighted by atomic mass is 79.9. The molecule has 0 radical (unpaired) electrons. The molecular weight excluding hydrogens is 330 g/mol. The lowest BCUT2D eigenvalue weighted by Crippen LogP contribution is -2.07. The predicted molar refractivity (Wildman–Crippen MR) is 67.4 cm³/mol. The van der Waals surface area contributed by atoms with Crippen molar-refractivity contribution in [2.24, 2.45) is 0 Å². The van der Waals surface area contributed by atoms with Crippen LogP contribution in [-0.4, -0.2) is 4.98 Å². The molecule has 1 aromatic heterocycles. The Morgan fingerprint density at radius 3 is 2.39 bits per heavy atom. The van der Waals surface area contributed by atoms with Gasteiger partial charge in [-0.25, -0.2) is 4.98 Å². The molecule has 0 saturated heterocycles. The molecule has 1 aromatic carbocycles. The average Bonchev–Trinajstić information content (AvgIpc) is 2.28. The zero-order valence-corrected chi connectivity index (χ0v) is 11.1. The summed E-state index contributed by atoms with van der Waals surface area (Å²) in [5.74, 6) is 0. The Balaban J connectivity index is 2.64. The third-order valence-corrected chi connectivity index (χ3v) is 3.09. The van der Waals surface area contributed by atoms with Crippen LogP contribution in [0.5, 0.6) is 0 Å². The molecule has 0 bridgehead atoms. The molecule has 1 heterocycles. The minimum absolute atomic E-state index is 0.0231. The minimum Gasteiger partial charge on any atom is -0.249 e. The lowest BCUT2D eigenvalue weighted by atomic mass is 10.0. The number of alkyl halides is 3. The summed E-state index contributed by atoms with van der Waals surface area (Å²) in [6.45, 7) is 0. The standard InChI is InChI=1S/C12H6BrClF3N/c13-11-5-10(14)8(6-18-11)7-3-1-2-4-9(7)12(15,16)17/h1-6H. The number of nitrogens with zero attached hydrogens (tertiary/aromatic N) is 1. The number of halogens is 5. The van der Waals surface area contributed by atoms with Gasteiger partial charge in [0.2, 0.25) is 0 Å². The highest BCUT2D eigenvalue weighted by Gasteiger charge is 2.33. The molecule has 94 valence electrons. The summed E-state index contributed by atoms with van der Waals surface area (Å²) in [6.07, 6.45) is -3.11. The first-order chi connectivity index (χ1) is 8.39. The summed E-state index contributed by atoms with van der Waals surface area (Å²) in [7, 11) is 0. The first kappa shape index (κ1) is 13.4. The maximum Gasteiger partial charge on any atom is 0.417 e. The molecule has 0 aliphatic heterocycles. The molecule has 0 aliphatic carbocycles. The Morgan fingerprint density at radius 2 is 1.78 bits per heavy atom. The fourth-order valence-corrected chi connectivity index (χ4v) is 2.29. The van der Waals surface area contributed by atoms with E-state index in [-0.39, 0.29) is 16.1 Å². The summed E-state index contributed by atoms with van der Waals surface area (Å²) in [5, 5.41) is 0.216. The van der Waals surface area contributed by atoms with Crippen molar-refractivity contribution in [3.05, 3.63) is 51.7 Å². The lowest BCUT2D eigenvalue weighted by molar-refractivity contribution is -0.137. The second kappa shape index (κ2) is 4.90.